The third kappa shape index (κ3) is 3.27. The molecule has 0 unspecified atom stereocenters. The largest absolute Gasteiger partial charge is 0.496 e. The highest BCUT2D eigenvalue weighted by atomic mass is 16.6. The van der Waals surface area contributed by atoms with Gasteiger partial charge in [0.2, 0.25) is 5.76 Å². The van der Waals surface area contributed by atoms with Crippen LogP contribution in [0.4, 0.5) is 0 Å². The minimum Gasteiger partial charge on any atom is -0.496 e. The quantitative estimate of drug-likeness (QED) is 0.384. The van der Waals surface area contributed by atoms with E-state index >= 15 is 0 Å². The smallest absolute Gasteiger partial charge is 0.379 e. The monoisotopic (exact) mass is 376 g/mol. The third-order valence-electron chi connectivity index (χ3n) is 4.30. The van der Waals surface area contributed by atoms with Crippen LogP contribution < -0.4 is 15.1 Å². The second-order valence-corrected chi connectivity index (χ2v) is 6.06. The molecule has 2 aromatic carbocycles. The normalized spacial score (nSPS) is 10.8. The minimum atomic E-state index is -0.711. The van der Waals surface area contributed by atoms with E-state index < -0.39 is 11.6 Å². The predicted molar refractivity (Wildman–Crippen MR) is 102 cm³/mol. The van der Waals surface area contributed by atoms with Gasteiger partial charge in [-0.15, -0.1) is 0 Å². The highest BCUT2D eigenvalue weighted by Crippen LogP contribution is 2.36. The summed E-state index contributed by atoms with van der Waals surface area (Å²) >= 11 is 0. The maximum absolute atomic E-state index is 12.7. The van der Waals surface area contributed by atoms with E-state index in [1.54, 1.807) is 24.3 Å². The first-order valence-electron chi connectivity index (χ1n) is 8.59. The van der Waals surface area contributed by atoms with Gasteiger partial charge in [0.05, 0.1) is 18.9 Å². The Morgan fingerprint density at radius 1 is 1.00 bits per heavy atom. The first-order chi connectivity index (χ1) is 13.7. The molecule has 28 heavy (non-hydrogen) atoms. The van der Waals surface area contributed by atoms with Gasteiger partial charge in [-0.3, -0.25) is 0 Å². The molecule has 0 aliphatic rings. The Morgan fingerprint density at radius 3 is 2.54 bits per heavy atom. The number of fused-ring (bicyclic) bond motifs is 1. The van der Waals surface area contributed by atoms with Crippen molar-refractivity contribution in [3.8, 4) is 11.5 Å². The fraction of sp³-hybridized carbons (Fsp3) is 0.0909. The fourth-order valence-corrected chi connectivity index (χ4v) is 3.00. The molecular weight excluding hydrogens is 360 g/mol. The van der Waals surface area contributed by atoms with Crippen LogP contribution in [0.15, 0.2) is 80.6 Å². The van der Waals surface area contributed by atoms with Crippen molar-refractivity contribution >= 4 is 16.9 Å². The highest BCUT2D eigenvalue weighted by Gasteiger charge is 2.23. The average Bonchev–Trinajstić information content (AvgIpc) is 3.25. The van der Waals surface area contributed by atoms with E-state index in [9.17, 15) is 9.59 Å². The number of carbonyl (C=O) groups is 1. The van der Waals surface area contributed by atoms with Crippen LogP contribution in [0.2, 0.25) is 0 Å². The Hall–Kier alpha value is -3.80. The Kier molecular flexibility index (Phi) is 4.68. The molecule has 2 aromatic heterocycles. The average molecular weight is 376 g/mol. The van der Waals surface area contributed by atoms with E-state index in [1.165, 1.54) is 19.4 Å². The Bertz CT molecular complexity index is 1170. The number of rotatable bonds is 5. The van der Waals surface area contributed by atoms with E-state index in [4.69, 9.17) is 18.3 Å². The van der Waals surface area contributed by atoms with Crippen LogP contribution in [0.1, 0.15) is 21.7 Å². The molecule has 0 atom stereocenters. The van der Waals surface area contributed by atoms with E-state index in [2.05, 4.69) is 0 Å². The van der Waals surface area contributed by atoms with Gasteiger partial charge in [-0.25, -0.2) is 9.59 Å². The molecule has 6 nitrogen and oxygen atoms in total. The lowest BCUT2D eigenvalue weighted by Crippen LogP contribution is -2.16. The maximum atomic E-state index is 12.7. The van der Waals surface area contributed by atoms with Gasteiger partial charge < -0.3 is 18.3 Å². The molecule has 0 saturated carbocycles. The van der Waals surface area contributed by atoms with Gasteiger partial charge >= 0.3 is 11.6 Å². The summed E-state index contributed by atoms with van der Waals surface area (Å²) in [6, 6.07) is 17.5. The molecule has 0 amide bonds. The SMILES string of the molecule is COc1cccc2oc(=O)c(Cc3ccccc3)c(OC(=O)c3ccco3)c12. The molecule has 0 saturated heterocycles. The van der Waals surface area contributed by atoms with Crippen LogP contribution in [0.5, 0.6) is 11.5 Å². The molecule has 2 heterocycles. The zero-order chi connectivity index (χ0) is 19.5. The van der Waals surface area contributed by atoms with Gasteiger partial charge in [0.1, 0.15) is 16.7 Å². The van der Waals surface area contributed by atoms with Gasteiger partial charge in [0.15, 0.2) is 5.75 Å². The minimum absolute atomic E-state index is 0.0296. The predicted octanol–water partition coefficient (Wildman–Crippen LogP) is 4.20. The molecule has 4 rings (SSSR count). The number of methoxy groups -OCH3 is 1. The van der Waals surface area contributed by atoms with Gasteiger partial charge in [-0.1, -0.05) is 36.4 Å². The first-order valence-corrected chi connectivity index (χ1v) is 8.59. The zero-order valence-electron chi connectivity index (χ0n) is 15.0. The van der Waals surface area contributed by atoms with Crippen molar-refractivity contribution in [2.75, 3.05) is 7.11 Å². The van der Waals surface area contributed by atoms with Gasteiger partial charge in [0, 0.05) is 6.42 Å². The van der Waals surface area contributed by atoms with Gasteiger partial charge in [0.25, 0.3) is 0 Å². The summed E-state index contributed by atoms with van der Waals surface area (Å²) in [5.74, 6) is -0.147. The van der Waals surface area contributed by atoms with Crippen LogP contribution in [-0.4, -0.2) is 13.1 Å². The Morgan fingerprint density at radius 2 is 1.82 bits per heavy atom. The second kappa shape index (κ2) is 7.44. The number of ether oxygens (including phenoxy) is 2. The van der Waals surface area contributed by atoms with Crippen LogP contribution >= 0.6 is 0 Å². The van der Waals surface area contributed by atoms with E-state index in [0.717, 1.165) is 5.56 Å². The van der Waals surface area contributed by atoms with Crippen LogP contribution in [-0.2, 0) is 6.42 Å². The van der Waals surface area contributed by atoms with E-state index in [0.29, 0.717) is 11.1 Å². The van der Waals surface area contributed by atoms with Crippen molar-refractivity contribution in [1.29, 1.82) is 0 Å². The maximum Gasteiger partial charge on any atom is 0.379 e. The Balaban J connectivity index is 1.92. The van der Waals surface area contributed by atoms with Gasteiger partial charge in [-0.05, 0) is 29.8 Å². The molecule has 0 radical (unpaired) electrons. The molecular formula is C22H16O6. The summed E-state index contributed by atoms with van der Waals surface area (Å²) in [7, 11) is 1.49. The van der Waals surface area contributed by atoms with Crippen molar-refractivity contribution in [2.24, 2.45) is 0 Å². The van der Waals surface area contributed by atoms with Crippen molar-refractivity contribution < 1.29 is 23.1 Å². The molecule has 0 aliphatic carbocycles. The molecule has 140 valence electrons. The lowest BCUT2D eigenvalue weighted by atomic mass is 10.0. The van der Waals surface area contributed by atoms with E-state index in [1.807, 2.05) is 30.3 Å². The molecule has 4 aromatic rings. The number of benzene rings is 2. The summed E-state index contributed by atoms with van der Waals surface area (Å²) in [6.07, 6.45) is 1.61. The fourth-order valence-electron chi connectivity index (χ4n) is 3.00. The molecule has 6 heteroatoms. The third-order valence-corrected chi connectivity index (χ3v) is 4.30. The lowest BCUT2D eigenvalue weighted by molar-refractivity contribution is 0.0701. The summed E-state index contributed by atoms with van der Waals surface area (Å²) in [5, 5.41) is 0.412. The number of furan rings is 1. The molecule has 0 aliphatic heterocycles. The van der Waals surface area contributed by atoms with Crippen LogP contribution in [0.25, 0.3) is 11.0 Å². The van der Waals surface area contributed by atoms with Crippen molar-refractivity contribution in [1.82, 2.24) is 0 Å². The molecule has 0 fully saturated rings. The highest BCUT2D eigenvalue weighted by molar-refractivity contribution is 5.95. The van der Waals surface area contributed by atoms with Crippen molar-refractivity contribution in [3.63, 3.8) is 0 Å². The lowest BCUT2D eigenvalue weighted by Gasteiger charge is -2.13. The number of esters is 1. The summed E-state index contributed by atoms with van der Waals surface area (Å²) < 4.78 is 21.6. The summed E-state index contributed by atoms with van der Waals surface area (Å²) in [4.78, 5) is 25.2. The first kappa shape index (κ1) is 17.6. The summed E-state index contributed by atoms with van der Waals surface area (Å²) in [5.41, 5.74) is 0.790. The molecule has 0 N–H and O–H groups in total. The van der Waals surface area contributed by atoms with Crippen LogP contribution in [0.3, 0.4) is 0 Å². The number of carbonyl (C=O) groups excluding carboxylic acids is 1. The Labute approximate surface area is 159 Å². The van der Waals surface area contributed by atoms with E-state index in [-0.39, 0.29) is 29.1 Å². The van der Waals surface area contributed by atoms with Crippen molar-refractivity contribution in [3.05, 3.63) is 94.2 Å². The second-order valence-electron chi connectivity index (χ2n) is 6.06. The number of hydrogen-bond donors (Lipinski definition) is 0. The van der Waals surface area contributed by atoms with Crippen LogP contribution in [0, 0.1) is 0 Å². The van der Waals surface area contributed by atoms with Gasteiger partial charge in [-0.2, -0.15) is 0 Å². The topological polar surface area (TPSA) is 78.9 Å². The molecule has 0 spiro atoms. The summed E-state index contributed by atoms with van der Waals surface area (Å²) in [6.45, 7) is 0. The number of hydrogen-bond acceptors (Lipinski definition) is 6. The zero-order valence-corrected chi connectivity index (χ0v) is 15.0. The van der Waals surface area contributed by atoms with Crippen molar-refractivity contribution in [2.45, 2.75) is 6.42 Å². The molecule has 0 bridgehead atoms. The standard InChI is InChI=1S/C22H16O6/c1-25-16-9-5-10-17-19(16)20(28-22(24)18-11-6-12-26-18)15(21(23)27-17)13-14-7-3-2-4-8-14/h2-12H,13H2,1H3.